The minimum atomic E-state index is -0.547. The number of benzene rings is 1. The first-order chi connectivity index (χ1) is 14.2. The Labute approximate surface area is 189 Å². The Bertz CT molecular complexity index is 773. The summed E-state index contributed by atoms with van der Waals surface area (Å²) in [6.45, 7) is 5.28. The number of nitrogens with zero attached hydrogens (tertiary/aromatic N) is 1. The van der Waals surface area contributed by atoms with Crippen LogP contribution in [0.3, 0.4) is 0 Å². The average Bonchev–Trinajstić information content (AvgIpc) is 2.71. The number of rotatable bonds is 5. The second-order valence-corrected chi connectivity index (χ2v) is 9.98. The van der Waals surface area contributed by atoms with Gasteiger partial charge in [0.1, 0.15) is 6.04 Å². The lowest BCUT2D eigenvalue weighted by molar-refractivity contribution is -0.139. The van der Waals surface area contributed by atoms with E-state index in [9.17, 15) is 9.59 Å². The lowest BCUT2D eigenvalue weighted by Gasteiger charge is -2.36. The highest BCUT2D eigenvalue weighted by atomic mass is 35.5. The molecule has 0 aromatic heterocycles. The number of nitrogens with one attached hydrogen (secondary N) is 2. The third-order valence-corrected chi connectivity index (χ3v) is 6.83. The van der Waals surface area contributed by atoms with E-state index in [1.807, 2.05) is 30.9 Å². The van der Waals surface area contributed by atoms with Gasteiger partial charge in [-0.1, -0.05) is 37.6 Å². The summed E-state index contributed by atoms with van der Waals surface area (Å²) in [5, 5.41) is 11.4. The summed E-state index contributed by atoms with van der Waals surface area (Å²) in [7, 11) is 0. The Morgan fingerprint density at radius 3 is 2.33 bits per heavy atom. The number of halogens is 2. The molecule has 2 aliphatic rings. The Kier molecular flexibility index (Phi) is 7.81. The van der Waals surface area contributed by atoms with E-state index in [2.05, 4.69) is 17.4 Å². The van der Waals surface area contributed by atoms with Crippen molar-refractivity contribution in [3.8, 4) is 0 Å². The molecule has 1 saturated carbocycles. The fourth-order valence-corrected chi connectivity index (χ4v) is 5.00. The van der Waals surface area contributed by atoms with Gasteiger partial charge in [0.25, 0.3) is 0 Å². The molecule has 164 valence electrons. The van der Waals surface area contributed by atoms with Crippen LogP contribution in [0.25, 0.3) is 0 Å². The summed E-state index contributed by atoms with van der Waals surface area (Å²) in [5.74, 6) is -0.0783. The monoisotopic (exact) mass is 451 g/mol. The number of piperidine rings is 1. The molecule has 3 atom stereocenters. The van der Waals surface area contributed by atoms with Crippen molar-refractivity contribution in [1.82, 2.24) is 10.2 Å². The molecule has 0 spiro atoms. The first kappa shape index (κ1) is 23.1. The van der Waals surface area contributed by atoms with Crippen LogP contribution in [0.5, 0.6) is 0 Å². The van der Waals surface area contributed by atoms with Crippen molar-refractivity contribution in [2.75, 3.05) is 13.1 Å². The summed E-state index contributed by atoms with van der Waals surface area (Å²) >= 11 is 12.2. The van der Waals surface area contributed by atoms with E-state index in [1.54, 1.807) is 0 Å². The molecule has 0 radical (unpaired) electrons. The third kappa shape index (κ3) is 5.76. The van der Waals surface area contributed by atoms with Gasteiger partial charge >= 0.3 is 0 Å². The van der Waals surface area contributed by atoms with Crippen LogP contribution in [-0.2, 0) is 9.59 Å². The largest absolute Gasteiger partial charge is 0.344 e. The van der Waals surface area contributed by atoms with Gasteiger partial charge in [0.05, 0.1) is 0 Å². The zero-order valence-electron chi connectivity index (χ0n) is 17.7. The number of alkyl halides is 1. The predicted octanol–water partition coefficient (Wildman–Crippen LogP) is 4.61. The van der Waals surface area contributed by atoms with Crippen LogP contribution in [0.4, 0.5) is 0 Å². The maximum absolute atomic E-state index is 13.2. The van der Waals surface area contributed by atoms with Crippen LogP contribution in [0, 0.1) is 17.2 Å². The van der Waals surface area contributed by atoms with E-state index in [0.29, 0.717) is 44.0 Å². The Hall–Kier alpha value is -1.59. The van der Waals surface area contributed by atoms with Crippen molar-refractivity contribution >= 4 is 40.7 Å². The molecule has 30 heavy (non-hydrogen) atoms. The van der Waals surface area contributed by atoms with Crippen molar-refractivity contribution in [1.29, 1.82) is 5.41 Å². The maximum atomic E-state index is 13.2. The summed E-state index contributed by atoms with van der Waals surface area (Å²) in [5.41, 5.74) is 1.77. The Morgan fingerprint density at radius 2 is 1.77 bits per heavy atom. The van der Waals surface area contributed by atoms with Crippen molar-refractivity contribution in [3.63, 3.8) is 0 Å². The molecule has 0 bridgehead atoms. The number of carbonyl (C=O) groups is 2. The quantitative estimate of drug-likeness (QED) is 0.641. The highest BCUT2D eigenvalue weighted by molar-refractivity contribution is 6.30. The van der Waals surface area contributed by atoms with Gasteiger partial charge in [0.15, 0.2) is 0 Å². The van der Waals surface area contributed by atoms with Crippen LogP contribution >= 0.6 is 23.2 Å². The molecule has 1 aliphatic carbocycles. The van der Waals surface area contributed by atoms with Crippen LogP contribution in [-0.4, -0.2) is 46.9 Å². The zero-order chi connectivity index (χ0) is 21.8. The summed E-state index contributed by atoms with van der Waals surface area (Å²) in [6, 6.07) is 7.40. The first-order valence-electron chi connectivity index (χ1n) is 10.8. The summed E-state index contributed by atoms with van der Waals surface area (Å²) in [6.07, 6.45) is 3.34. The van der Waals surface area contributed by atoms with Crippen molar-refractivity contribution in [2.45, 2.75) is 63.3 Å². The second-order valence-electron chi connectivity index (χ2n) is 8.92. The van der Waals surface area contributed by atoms with Gasteiger partial charge in [-0.3, -0.25) is 9.59 Å². The van der Waals surface area contributed by atoms with E-state index in [-0.39, 0.29) is 29.0 Å². The summed E-state index contributed by atoms with van der Waals surface area (Å²) in [4.78, 5) is 27.9. The minimum Gasteiger partial charge on any atom is -0.344 e. The van der Waals surface area contributed by atoms with Gasteiger partial charge in [-0.05, 0) is 55.2 Å². The van der Waals surface area contributed by atoms with Gasteiger partial charge < -0.3 is 15.6 Å². The third-order valence-electron chi connectivity index (χ3n) is 6.25. The van der Waals surface area contributed by atoms with Gasteiger partial charge in [0, 0.05) is 41.5 Å². The molecule has 1 aromatic rings. The molecule has 2 fully saturated rings. The van der Waals surface area contributed by atoms with Gasteiger partial charge in [-0.25, -0.2) is 0 Å². The Morgan fingerprint density at radius 1 is 1.13 bits per heavy atom. The first-order valence-corrected chi connectivity index (χ1v) is 11.6. The van der Waals surface area contributed by atoms with Gasteiger partial charge in [-0.2, -0.15) is 0 Å². The molecule has 1 aromatic carbocycles. The molecule has 3 rings (SSSR count). The lowest BCUT2D eigenvalue weighted by atomic mass is 9.86. The van der Waals surface area contributed by atoms with E-state index in [0.717, 1.165) is 17.9 Å². The van der Waals surface area contributed by atoms with Crippen molar-refractivity contribution < 1.29 is 9.59 Å². The molecule has 2 unspecified atom stereocenters. The number of carbonyl (C=O) groups excluding carboxylic acids is 2. The van der Waals surface area contributed by atoms with E-state index >= 15 is 0 Å². The average molecular weight is 452 g/mol. The lowest BCUT2D eigenvalue weighted by Crippen LogP contribution is -2.54. The van der Waals surface area contributed by atoms with E-state index in [4.69, 9.17) is 28.6 Å². The van der Waals surface area contributed by atoms with Crippen LogP contribution < -0.4 is 5.32 Å². The van der Waals surface area contributed by atoms with Gasteiger partial charge in [0.2, 0.25) is 11.8 Å². The molecular formula is C23H31Cl2N3O2. The van der Waals surface area contributed by atoms with E-state index < -0.39 is 6.04 Å². The molecule has 2 N–H and O–H groups in total. The standard InChI is InChI=1S/C23H31Cl2N3O2/c1-14(2)21(27-22(29)17-11-19(25)13-20(26)12-17)23(30)28-9-7-16(8-10-28)15-3-5-18(24)6-4-15/h3-6,14,16-17,19,21,26H,7-13H2,1-2H3,(H,27,29)/t17?,19?,21-/m1/s1. The number of amides is 2. The second kappa shape index (κ2) is 10.1. The molecular weight excluding hydrogens is 421 g/mol. The number of likely N-dealkylation sites (tertiary alicyclic amines) is 1. The van der Waals surface area contributed by atoms with Gasteiger partial charge in [-0.15, -0.1) is 11.6 Å². The highest BCUT2D eigenvalue weighted by Crippen LogP contribution is 2.30. The topological polar surface area (TPSA) is 73.3 Å². The predicted molar refractivity (Wildman–Crippen MR) is 121 cm³/mol. The summed E-state index contributed by atoms with van der Waals surface area (Å²) < 4.78 is 0. The molecule has 1 saturated heterocycles. The number of hydrogen-bond acceptors (Lipinski definition) is 3. The maximum Gasteiger partial charge on any atom is 0.245 e. The molecule has 7 heteroatoms. The van der Waals surface area contributed by atoms with Crippen LogP contribution in [0.2, 0.25) is 5.02 Å². The minimum absolute atomic E-state index is 0.00900. The van der Waals surface area contributed by atoms with Crippen LogP contribution in [0.15, 0.2) is 24.3 Å². The zero-order valence-corrected chi connectivity index (χ0v) is 19.2. The molecule has 2 amide bonds. The fourth-order valence-electron chi connectivity index (χ4n) is 4.47. The molecule has 1 heterocycles. The SMILES string of the molecule is CC(C)[C@@H](NC(=O)C1CC(=N)CC(Cl)C1)C(=O)N1CCC(c2ccc(Cl)cc2)CC1. The fraction of sp³-hybridized carbons (Fsp3) is 0.609. The van der Waals surface area contributed by atoms with Crippen LogP contribution in [0.1, 0.15) is 57.4 Å². The normalized spacial score (nSPS) is 24.0. The van der Waals surface area contributed by atoms with Crippen molar-refractivity contribution in [2.24, 2.45) is 11.8 Å². The molecule has 5 nitrogen and oxygen atoms in total. The highest BCUT2D eigenvalue weighted by Gasteiger charge is 2.35. The molecule has 1 aliphatic heterocycles. The number of hydrogen-bond donors (Lipinski definition) is 2. The van der Waals surface area contributed by atoms with Crippen molar-refractivity contribution in [3.05, 3.63) is 34.9 Å². The van der Waals surface area contributed by atoms with E-state index in [1.165, 1.54) is 5.56 Å². The Balaban J connectivity index is 1.58. The smallest absolute Gasteiger partial charge is 0.245 e.